The van der Waals surface area contributed by atoms with Crippen molar-refractivity contribution in [3.05, 3.63) is 106 Å². The highest BCUT2D eigenvalue weighted by Crippen LogP contribution is 2.35. The Labute approximate surface area is 181 Å². The Hall–Kier alpha value is -3.17. The van der Waals surface area contributed by atoms with Gasteiger partial charge in [-0.05, 0) is 56.1 Å². The molecule has 0 bridgehead atoms. The van der Waals surface area contributed by atoms with Gasteiger partial charge in [0.2, 0.25) is 5.69 Å². The lowest BCUT2D eigenvalue weighted by atomic mass is 9.82. The molecule has 0 N–H and O–H groups in total. The summed E-state index contributed by atoms with van der Waals surface area (Å²) in [6.07, 6.45) is 5.99. The van der Waals surface area contributed by atoms with Crippen LogP contribution in [0.3, 0.4) is 0 Å². The topological polar surface area (TPSA) is 20.0 Å². The molecule has 3 heteroatoms. The van der Waals surface area contributed by atoms with E-state index in [1.54, 1.807) is 11.3 Å². The molecule has 0 radical (unpaired) electrons. The van der Waals surface area contributed by atoms with Gasteiger partial charge >= 0.3 is 0 Å². The second-order valence-electron chi connectivity index (χ2n) is 8.76. The molecule has 0 atom stereocenters. The maximum Gasteiger partial charge on any atom is 0.217 e. The SMILES string of the molecule is C=[n+]1ccc(=C2[N-]C=Cc3ccsc32)cc1-c1cc(C(C)(C)C)c2ccccc2c1. The zero-order chi connectivity index (χ0) is 20.9. The first-order chi connectivity index (χ1) is 14.4. The van der Waals surface area contributed by atoms with Crippen LogP contribution in [0.25, 0.3) is 39.1 Å². The van der Waals surface area contributed by atoms with Crippen LogP contribution < -0.4 is 9.46 Å². The molecule has 0 saturated heterocycles. The van der Waals surface area contributed by atoms with Crippen molar-refractivity contribution in [3.8, 4) is 11.3 Å². The Morgan fingerprint density at radius 2 is 1.83 bits per heavy atom. The molecular formula is C27H24N2S. The van der Waals surface area contributed by atoms with E-state index in [2.05, 4.69) is 93.5 Å². The Balaban J connectivity index is 1.78. The smallest absolute Gasteiger partial charge is 0.217 e. The molecule has 1 aliphatic rings. The van der Waals surface area contributed by atoms with Gasteiger partial charge < -0.3 is 5.32 Å². The predicted octanol–water partition coefficient (Wildman–Crippen LogP) is 6.31. The lowest BCUT2D eigenvalue weighted by Gasteiger charge is -2.25. The predicted molar refractivity (Wildman–Crippen MR) is 128 cm³/mol. The zero-order valence-electron chi connectivity index (χ0n) is 17.5. The molecule has 3 heterocycles. The van der Waals surface area contributed by atoms with Gasteiger partial charge in [0.15, 0.2) is 6.20 Å². The largest absolute Gasteiger partial charge is 0.662 e. The van der Waals surface area contributed by atoms with E-state index >= 15 is 0 Å². The number of fused-ring (bicyclic) bond motifs is 2. The van der Waals surface area contributed by atoms with Gasteiger partial charge in [0.05, 0.1) is 0 Å². The number of hydrogen-bond acceptors (Lipinski definition) is 1. The second kappa shape index (κ2) is 6.96. The van der Waals surface area contributed by atoms with Crippen molar-refractivity contribution in [2.45, 2.75) is 26.2 Å². The highest BCUT2D eigenvalue weighted by molar-refractivity contribution is 7.11. The van der Waals surface area contributed by atoms with Gasteiger partial charge in [0, 0.05) is 22.6 Å². The molecule has 2 aromatic carbocycles. The summed E-state index contributed by atoms with van der Waals surface area (Å²) in [6, 6.07) is 19.7. The molecular weight excluding hydrogens is 384 g/mol. The van der Waals surface area contributed by atoms with Gasteiger partial charge in [0.25, 0.3) is 0 Å². The summed E-state index contributed by atoms with van der Waals surface area (Å²) < 4.78 is 1.95. The Kier molecular flexibility index (Phi) is 4.37. The molecule has 2 aromatic heterocycles. The van der Waals surface area contributed by atoms with Crippen LogP contribution in [0.1, 0.15) is 36.8 Å². The first-order valence-electron chi connectivity index (χ1n) is 10.1. The van der Waals surface area contributed by atoms with Crippen molar-refractivity contribution in [1.82, 2.24) is 0 Å². The Morgan fingerprint density at radius 3 is 2.67 bits per heavy atom. The van der Waals surface area contributed by atoms with Crippen molar-refractivity contribution < 1.29 is 4.24 Å². The molecule has 0 saturated carbocycles. The van der Waals surface area contributed by atoms with Crippen molar-refractivity contribution in [2.75, 3.05) is 0 Å². The average molecular weight is 409 g/mol. The van der Waals surface area contributed by atoms with Crippen molar-refractivity contribution in [3.63, 3.8) is 0 Å². The van der Waals surface area contributed by atoms with Crippen LogP contribution in [-0.2, 0) is 5.41 Å². The van der Waals surface area contributed by atoms with Crippen LogP contribution in [0.5, 0.6) is 0 Å². The lowest BCUT2D eigenvalue weighted by Crippen LogP contribution is -2.22. The summed E-state index contributed by atoms with van der Waals surface area (Å²) in [7, 11) is 0. The molecule has 4 aromatic rings. The normalized spacial score (nSPS) is 15.2. The summed E-state index contributed by atoms with van der Waals surface area (Å²) in [4.78, 5) is 1.22. The van der Waals surface area contributed by atoms with Crippen LogP contribution in [0.2, 0.25) is 0 Å². The average Bonchev–Trinajstić information content (AvgIpc) is 3.22. The molecule has 30 heavy (non-hydrogen) atoms. The van der Waals surface area contributed by atoms with E-state index in [0.717, 1.165) is 16.6 Å². The number of pyridine rings is 1. The van der Waals surface area contributed by atoms with E-state index in [0.29, 0.717) is 0 Å². The fourth-order valence-electron chi connectivity index (χ4n) is 4.10. The monoisotopic (exact) mass is 408 g/mol. The molecule has 0 unspecified atom stereocenters. The minimum absolute atomic E-state index is 0.0450. The molecule has 0 fully saturated rings. The molecule has 5 rings (SSSR count). The van der Waals surface area contributed by atoms with E-state index in [-0.39, 0.29) is 5.41 Å². The van der Waals surface area contributed by atoms with Gasteiger partial charge in [-0.15, -0.1) is 17.0 Å². The Bertz CT molecular complexity index is 1420. The molecule has 148 valence electrons. The van der Waals surface area contributed by atoms with E-state index in [9.17, 15) is 0 Å². The number of rotatable bonds is 1. The summed E-state index contributed by atoms with van der Waals surface area (Å²) in [5, 5.41) is 10.5. The van der Waals surface area contributed by atoms with E-state index in [4.69, 9.17) is 5.32 Å². The number of thiophene rings is 1. The minimum atomic E-state index is 0.0450. The number of hydrogen-bond donors (Lipinski definition) is 0. The molecule has 2 nitrogen and oxygen atoms in total. The highest BCUT2D eigenvalue weighted by atomic mass is 32.1. The standard InChI is InChI=1S/C27H24N2S/c1-27(2,3)23-16-21(15-19-7-5-6-8-22(19)23)24-17-20(10-13-29(24)4)25-26-18(9-12-28-25)11-14-30-26/h5-17H,4H2,1-3H3. The fourth-order valence-corrected chi connectivity index (χ4v) is 5.01. The van der Waals surface area contributed by atoms with Crippen LogP contribution in [0, 0.1) is 6.72 Å². The molecule has 1 aliphatic heterocycles. The van der Waals surface area contributed by atoms with Gasteiger partial charge in [-0.1, -0.05) is 51.1 Å². The van der Waals surface area contributed by atoms with Crippen molar-refractivity contribution in [1.29, 1.82) is 0 Å². The van der Waals surface area contributed by atoms with Gasteiger partial charge in [0.1, 0.15) is 6.72 Å². The number of benzene rings is 2. The van der Waals surface area contributed by atoms with Crippen LogP contribution in [0.15, 0.2) is 72.4 Å². The number of aromatic nitrogens is 1. The third-order valence-corrected chi connectivity index (χ3v) is 6.58. The third kappa shape index (κ3) is 3.16. The lowest BCUT2D eigenvalue weighted by molar-refractivity contribution is -0.486. The maximum absolute atomic E-state index is 4.70. The van der Waals surface area contributed by atoms with Crippen LogP contribution in [0.4, 0.5) is 0 Å². The molecule has 0 spiro atoms. The molecule has 0 aliphatic carbocycles. The van der Waals surface area contributed by atoms with Gasteiger partial charge in [-0.3, -0.25) is 0 Å². The molecule has 0 amide bonds. The number of nitrogens with zero attached hydrogens (tertiary/aromatic N) is 2. The maximum atomic E-state index is 4.70. The summed E-state index contributed by atoms with van der Waals surface area (Å²) in [6.45, 7) is 11.1. The summed E-state index contributed by atoms with van der Waals surface area (Å²) >= 11 is 1.74. The highest BCUT2D eigenvalue weighted by Gasteiger charge is 2.20. The van der Waals surface area contributed by atoms with Crippen molar-refractivity contribution in [2.24, 2.45) is 0 Å². The summed E-state index contributed by atoms with van der Waals surface area (Å²) in [5.41, 5.74) is 5.91. The second-order valence-corrected chi connectivity index (χ2v) is 9.68. The third-order valence-electron chi connectivity index (χ3n) is 5.64. The quantitative estimate of drug-likeness (QED) is 0.329. The van der Waals surface area contributed by atoms with E-state index < -0.39 is 0 Å². The van der Waals surface area contributed by atoms with Crippen molar-refractivity contribution >= 4 is 33.9 Å². The van der Waals surface area contributed by atoms with Crippen LogP contribution in [-0.4, -0.2) is 0 Å². The first-order valence-corrected chi connectivity index (χ1v) is 11.0. The zero-order valence-corrected chi connectivity index (χ0v) is 18.3. The van der Waals surface area contributed by atoms with Gasteiger partial charge in [-0.25, -0.2) is 0 Å². The van der Waals surface area contributed by atoms with Gasteiger partial charge in [-0.2, -0.15) is 10.4 Å². The van der Waals surface area contributed by atoms with E-state index in [1.165, 1.54) is 32.3 Å². The fraction of sp³-hybridized carbons (Fsp3) is 0.148. The van der Waals surface area contributed by atoms with Crippen LogP contribution >= 0.6 is 11.3 Å². The first kappa shape index (κ1) is 18.8. The summed E-state index contributed by atoms with van der Waals surface area (Å²) in [5.74, 6) is 0. The Morgan fingerprint density at radius 1 is 1.00 bits per heavy atom. The van der Waals surface area contributed by atoms with E-state index in [1.807, 2.05) is 16.6 Å². The minimum Gasteiger partial charge on any atom is -0.662 e.